The Kier molecular flexibility index (Phi) is 5.48. The van der Waals surface area contributed by atoms with Crippen LogP contribution in [0.25, 0.3) is 0 Å². The van der Waals surface area contributed by atoms with Crippen molar-refractivity contribution in [2.75, 3.05) is 14.2 Å². The van der Waals surface area contributed by atoms with E-state index in [2.05, 4.69) is 0 Å². The van der Waals surface area contributed by atoms with Crippen LogP contribution in [0.3, 0.4) is 0 Å². The van der Waals surface area contributed by atoms with Crippen molar-refractivity contribution in [1.82, 2.24) is 4.31 Å². The van der Waals surface area contributed by atoms with Crippen LogP contribution >= 0.6 is 0 Å². The number of esters is 1. The molecule has 0 aliphatic carbocycles. The second kappa shape index (κ2) is 7.71. The van der Waals surface area contributed by atoms with Gasteiger partial charge in [-0.3, -0.25) is 4.79 Å². The van der Waals surface area contributed by atoms with Crippen molar-refractivity contribution in [3.63, 3.8) is 0 Å². The van der Waals surface area contributed by atoms with Crippen molar-refractivity contribution in [2.45, 2.75) is 24.8 Å². The van der Waals surface area contributed by atoms with E-state index in [9.17, 15) is 18.0 Å². The largest absolute Gasteiger partial charge is 0.491 e. The van der Waals surface area contributed by atoms with Crippen LogP contribution in [0.4, 0.5) is 0 Å². The zero-order valence-corrected chi connectivity index (χ0v) is 17.3. The van der Waals surface area contributed by atoms with Gasteiger partial charge in [0.2, 0.25) is 0 Å². The third kappa shape index (κ3) is 3.51. The minimum atomic E-state index is -4.28. The standard InChI is InChI=1S/C21H21NO6S/c1-13-5-9-15(10-6-13)18-17(21(24)28-4)19(27-3)20(23)22(18)29(25,26)16-11-7-14(2)8-12-16/h5-12,18H,1-4H3. The lowest BCUT2D eigenvalue weighted by Crippen LogP contribution is -2.37. The maximum atomic E-state index is 13.4. The van der Waals surface area contributed by atoms with Crippen molar-refractivity contribution >= 4 is 21.9 Å². The van der Waals surface area contributed by atoms with Crippen LogP contribution in [0.5, 0.6) is 0 Å². The molecule has 1 amide bonds. The quantitative estimate of drug-likeness (QED) is 0.698. The molecular formula is C21H21NO6S. The van der Waals surface area contributed by atoms with Gasteiger partial charge >= 0.3 is 11.9 Å². The number of ether oxygens (including phenoxy) is 2. The zero-order chi connectivity index (χ0) is 21.3. The molecule has 152 valence electrons. The number of nitrogens with zero attached hydrogens (tertiary/aromatic N) is 1. The van der Waals surface area contributed by atoms with Crippen molar-refractivity contribution in [3.8, 4) is 0 Å². The van der Waals surface area contributed by atoms with Crippen LogP contribution in [0.15, 0.2) is 64.8 Å². The zero-order valence-electron chi connectivity index (χ0n) is 16.5. The molecule has 0 N–H and O–H groups in total. The van der Waals surface area contributed by atoms with Gasteiger partial charge in [0, 0.05) is 0 Å². The predicted molar refractivity (Wildman–Crippen MR) is 105 cm³/mol. The molecule has 0 bridgehead atoms. The number of rotatable bonds is 5. The Morgan fingerprint density at radius 2 is 1.45 bits per heavy atom. The number of hydrogen-bond acceptors (Lipinski definition) is 6. The Labute approximate surface area is 169 Å². The average molecular weight is 415 g/mol. The van der Waals surface area contributed by atoms with Crippen LogP contribution in [0, 0.1) is 13.8 Å². The van der Waals surface area contributed by atoms with Crippen LogP contribution in [0.2, 0.25) is 0 Å². The fourth-order valence-electron chi connectivity index (χ4n) is 3.21. The lowest BCUT2D eigenvalue weighted by Gasteiger charge is -2.26. The third-order valence-corrected chi connectivity index (χ3v) is 6.49. The summed E-state index contributed by atoms with van der Waals surface area (Å²) in [6.45, 7) is 3.70. The van der Waals surface area contributed by atoms with E-state index in [1.54, 1.807) is 36.4 Å². The van der Waals surface area contributed by atoms with Crippen molar-refractivity contribution < 1.29 is 27.5 Å². The van der Waals surface area contributed by atoms with Crippen LogP contribution in [-0.2, 0) is 29.1 Å². The highest BCUT2D eigenvalue weighted by Gasteiger charge is 2.50. The summed E-state index contributed by atoms with van der Waals surface area (Å²) in [6, 6.07) is 11.8. The minimum absolute atomic E-state index is 0.0601. The number of carbonyl (C=O) groups is 2. The first-order valence-corrected chi connectivity index (χ1v) is 10.2. The maximum absolute atomic E-state index is 13.4. The number of carbonyl (C=O) groups excluding carboxylic acids is 2. The normalized spacial score (nSPS) is 16.9. The smallest absolute Gasteiger partial charge is 0.340 e. The summed E-state index contributed by atoms with van der Waals surface area (Å²) in [5, 5.41) is 0. The molecule has 0 spiro atoms. The molecule has 0 aromatic heterocycles. The number of benzene rings is 2. The number of aryl methyl sites for hydroxylation is 2. The summed E-state index contributed by atoms with van der Waals surface area (Å²) < 4.78 is 37.4. The highest BCUT2D eigenvalue weighted by molar-refractivity contribution is 7.89. The second-order valence-electron chi connectivity index (χ2n) is 6.67. The van der Waals surface area contributed by atoms with E-state index in [1.165, 1.54) is 19.2 Å². The summed E-state index contributed by atoms with van der Waals surface area (Å²) >= 11 is 0. The molecule has 8 heteroatoms. The van der Waals surface area contributed by atoms with E-state index in [0.717, 1.165) is 18.2 Å². The Balaban J connectivity index is 2.24. The van der Waals surface area contributed by atoms with E-state index in [0.29, 0.717) is 9.87 Å². The summed E-state index contributed by atoms with van der Waals surface area (Å²) in [7, 11) is -1.90. The van der Waals surface area contributed by atoms with E-state index in [1.807, 2.05) is 13.8 Å². The fraction of sp³-hybridized carbons (Fsp3) is 0.238. The molecule has 3 rings (SSSR count). The first kappa shape index (κ1) is 20.6. The second-order valence-corrected chi connectivity index (χ2v) is 8.49. The average Bonchev–Trinajstić information content (AvgIpc) is 3.01. The van der Waals surface area contributed by atoms with Gasteiger partial charge in [0.25, 0.3) is 10.0 Å². The Morgan fingerprint density at radius 3 is 1.93 bits per heavy atom. The molecule has 1 heterocycles. The molecule has 1 aliphatic heterocycles. The Bertz CT molecular complexity index is 1080. The van der Waals surface area contributed by atoms with Crippen LogP contribution < -0.4 is 0 Å². The van der Waals surface area contributed by atoms with Gasteiger partial charge in [-0.2, -0.15) is 0 Å². The third-order valence-electron chi connectivity index (χ3n) is 4.73. The van der Waals surface area contributed by atoms with Gasteiger partial charge in [-0.25, -0.2) is 17.5 Å². The lowest BCUT2D eigenvalue weighted by molar-refractivity contribution is -0.136. The van der Waals surface area contributed by atoms with Gasteiger partial charge in [0.05, 0.1) is 19.1 Å². The molecule has 1 unspecified atom stereocenters. The van der Waals surface area contributed by atoms with E-state index in [-0.39, 0.29) is 16.2 Å². The highest BCUT2D eigenvalue weighted by Crippen LogP contribution is 2.42. The molecule has 0 fully saturated rings. The maximum Gasteiger partial charge on any atom is 0.340 e. The molecule has 7 nitrogen and oxygen atoms in total. The lowest BCUT2D eigenvalue weighted by atomic mass is 9.99. The molecular weight excluding hydrogens is 394 g/mol. The summed E-state index contributed by atoms with van der Waals surface area (Å²) in [4.78, 5) is 25.5. The van der Waals surface area contributed by atoms with E-state index < -0.39 is 27.9 Å². The predicted octanol–water partition coefficient (Wildman–Crippen LogP) is 2.65. The van der Waals surface area contributed by atoms with Gasteiger partial charge in [-0.15, -0.1) is 0 Å². The molecule has 1 atom stereocenters. The number of sulfonamides is 1. The molecule has 1 aliphatic rings. The molecule has 0 saturated carbocycles. The topological polar surface area (TPSA) is 90.0 Å². The summed E-state index contributed by atoms with van der Waals surface area (Å²) in [5.74, 6) is -2.10. The highest BCUT2D eigenvalue weighted by atomic mass is 32.2. The first-order valence-electron chi connectivity index (χ1n) is 8.80. The number of methoxy groups -OCH3 is 2. The number of amides is 1. The monoisotopic (exact) mass is 415 g/mol. The molecule has 0 radical (unpaired) electrons. The van der Waals surface area contributed by atoms with Crippen LogP contribution in [-0.4, -0.2) is 38.8 Å². The van der Waals surface area contributed by atoms with Gasteiger partial charge in [-0.05, 0) is 31.5 Å². The van der Waals surface area contributed by atoms with Crippen LogP contribution in [0.1, 0.15) is 22.7 Å². The van der Waals surface area contributed by atoms with Crippen molar-refractivity contribution in [2.24, 2.45) is 0 Å². The SMILES string of the molecule is COC(=O)C1=C(OC)C(=O)N(S(=O)(=O)c2ccc(C)cc2)C1c1ccc(C)cc1. The fourth-order valence-corrected chi connectivity index (χ4v) is 4.72. The van der Waals surface area contributed by atoms with Crippen molar-refractivity contribution in [1.29, 1.82) is 0 Å². The van der Waals surface area contributed by atoms with E-state index >= 15 is 0 Å². The molecule has 2 aromatic carbocycles. The minimum Gasteiger partial charge on any atom is -0.491 e. The van der Waals surface area contributed by atoms with Crippen molar-refractivity contribution in [3.05, 3.63) is 76.6 Å². The number of hydrogen-bond donors (Lipinski definition) is 0. The Morgan fingerprint density at radius 1 is 0.931 bits per heavy atom. The first-order chi connectivity index (χ1) is 13.7. The van der Waals surface area contributed by atoms with E-state index in [4.69, 9.17) is 9.47 Å². The summed E-state index contributed by atoms with van der Waals surface area (Å²) in [6.07, 6.45) is 0. The van der Waals surface area contributed by atoms with Gasteiger partial charge in [-0.1, -0.05) is 47.5 Å². The van der Waals surface area contributed by atoms with Gasteiger partial charge in [0.15, 0.2) is 5.76 Å². The summed E-state index contributed by atoms with van der Waals surface area (Å²) in [5.41, 5.74) is 2.12. The molecule has 0 saturated heterocycles. The van der Waals surface area contributed by atoms with Gasteiger partial charge in [0.1, 0.15) is 11.6 Å². The Hall–Kier alpha value is -3.13. The molecule has 2 aromatic rings. The van der Waals surface area contributed by atoms with Gasteiger partial charge < -0.3 is 9.47 Å². The molecule has 29 heavy (non-hydrogen) atoms.